The highest BCUT2D eigenvalue weighted by Crippen LogP contribution is 2.13. The third-order valence-electron chi connectivity index (χ3n) is 1.57. The molecule has 0 radical (unpaired) electrons. The van der Waals surface area contributed by atoms with Crippen LogP contribution < -0.4 is 0 Å². The molecule has 0 bridgehead atoms. The molecule has 0 fully saturated rings. The average Bonchev–Trinajstić information content (AvgIpc) is 2.17. The Morgan fingerprint density at radius 3 is 2.62 bits per heavy atom. The van der Waals surface area contributed by atoms with Crippen LogP contribution in [-0.2, 0) is 11.3 Å². The van der Waals surface area contributed by atoms with Crippen molar-refractivity contribution < 1.29 is 4.74 Å². The fraction of sp³-hybridized carbons (Fsp3) is 0.333. The van der Waals surface area contributed by atoms with Gasteiger partial charge in [0.1, 0.15) is 0 Å². The molecule has 1 aromatic rings. The molecular formula is C9H11N3O. The van der Waals surface area contributed by atoms with Gasteiger partial charge in [0, 0.05) is 17.2 Å². The van der Waals surface area contributed by atoms with Crippen LogP contribution in [0.4, 0.5) is 5.69 Å². The van der Waals surface area contributed by atoms with Crippen molar-refractivity contribution in [2.75, 3.05) is 6.61 Å². The van der Waals surface area contributed by atoms with Gasteiger partial charge in [0.05, 0.1) is 6.61 Å². The molecular weight excluding hydrogens is 166 g/mol. The van der Waals surface area contributed by atoms with Gasteiger partial charge in [0.15, 0.2) is 0 Å². The molecule has 0 spiro atoms. The van der Waals surface area contributed by atoms with E-state index in [0.717, 1.165) is 5.56 Å². The zero-order valence-electron chi connectivity index (χ0n) is 7.47. The third kappa shape index (κ3) is 3.15. The highest BCUT2D eigenvalue weighted by atomic mass is 16.5. The Bertz CT molecular complexity index is 301. The van der Waals surface area contributed by atoms with E-state index in [1.165, 1.54) is 0 Å². The van der Waals surface area contributed by atoms with Crippen molar-refractivity contribution in [1.82, 2.24) is 0 Å². The second kappa shape index (κ2) is 5.19. The van der Waals surface area contributed by atoms with E-state index in [2.05, 4.69) is 10.0 Å². The van der Waals surface area contributed by atoms with Crippen LogP contribution in [-0.4, -0.2) is 6.61 Å². The molecule has 4 heteroatoms. The fourth-order valence-corrected chi connectivity index (χ4v) is 0.930. The van der Waals surface area contributed by atoms with Gasteiger partial charge in [0.2, 0.25) is 0 Å². The Hall–Kier alpha value is -1.51. The first-order valence-corrected chi connectivity index (χ1v) is 4.08. The molecule has 0 aromatic heterocycles. The van der Waals surface area contributed by atoms with Gasteiger partial charge in [0.25, 0.3) is 0 Å². The summed E-state index contributed by atoms with van der Waals surface area (Å²) in [4.78, 5) is 2.69. The number of hydrogen-bond donors (Lipinski definition) is 0. The van der Waals surface area contributed by atoms with E-state index in [1.54, 1.807) is 12.1 Å². The van der Waals surface area contributed by atoms with Gasteiger partial charge in [-0.25, -0.2) is 0 Å². The molecule has 0 amide bonds. The smallest absolute Gasteiger partial charge is 0.0716 e. The molecule has 0 unspecified atom stereocenters. The number of rotatable bonds is 4. The summed E-state index contributed by atoms with van der Waals surface area (Å²) in [5.74, 6) is 0. The van der Waals surface area contributed by atoms with Crippen molar-refractivity contribution in [3.8, 4) is 0 Å². The maximum absolute atomic E-state index is 8.16. The number of ether oxygens (including phenoxy) is 1. The number of nitrogens with zero attached hydrogens (tertiary/aromatic N) is 3. The second-order valence-corrected chi connectivity index (χ2v) is 2.49. The van der Waals surface area contributed by atoms with Crippen molar-refractivity contribution in [2.45, 2.75) is 13.5 Å². The van der Waals surface area contributed by atoms with Crippen molar-refractivity contribution >= 4 is 5.69 Å². The van der Waals surface area contributed by atoms with Gasteiger partial charge in [-0.05, 0) is 18.0 Å². The summed E-state index contributed by atoms with van der Waals surface area (Å²) < 4.78 is 5.22. The lowest BCUT2D eigenvalue weighted by atomic mass is 10.2. The Balaban J connectivity index is 2.63. The Labute approximate surface area is 76.8 Å². The SMILES string of the molecule is CCOCc1ccc(N=[N+]=[N-])cc1. The number of benzene rings is 1. The zero-order chi connectivity index (χ0) is 9.52. The summed E-state index contributed by atoms with van der Waals surface area (Å²) in [7, 11) is 0. The Morgan fingerprint density at radius 2 is 2.08 bits per heavy atom. The van der Waals surface area contributed by atoms with E-state index in [4.69, 9.17) is 10.3 Å². The van der Waals surface area contributed by atoms with Gasteiger partial charge in [-0.3, -0.25) is 0 Å². The summed E-state index contributed by atoms with van der Waals surface area (Å²) in [6.07, 6.45) is 0. The van der Waals surface area contributed by atoms with Gasteiger partial charge in [-0.2, -0.15) is 0 Å². The van der Waals surface area contributed by atoms with Gasteiger partial charge >= 0.3 is 0 Å². The first-order chi connectivity index (χ1) is 6.36. The summed E-state index contributed by atoms with van der Waals surface area (Å²) in [5, 5.41) is 3.47. The molecule has 1 aromatic carbocycles. The summed E-state index contributed by atoms with van der Waals surface area (Å²) in [6, 6.07) is 7.32. The van der Waals surface area contributed by atoms with Crippen LogP contribution in [0.5, 0.6) is 0 Å². The topological polar surface area (TPSA) is 58.0 Å². The molecule has 0 aliphatic rings. The largest absolute Gasteiger partial charge is 0.377 e. The van der Waals surface area contributed by atoms with E-state index < -0.39 is 0 Å². The van der Waals surface area contributed by atoms with Crippen molar-refractivity contribution in [3.05, 3.63) is 40.3 Å². The van der Waals surface area contributed by atoms with Crippen LogP contribution in [0.2, 0.25) is 0 Å². The summed E-state index contributed by atoms with van der Waals surface area (Å²) in [6.45, 7) is 3.26. The van der Waals surface area contributed by atoms with E-state index in [-0.39, 0.29) is 0 Å². The molecule has 0 aliphatic heterocycles. The molecule has 0 heterocycles. The quantitative estimate of drug-likeness (QED) is 0.396. The fourth-order valence-electron chi connectivity index (χ4n) is 0.930. The highest BCUT2D eigenvalue weighted by Gasteiger charge is 1.91. The lowest BCUT2D eigenvalue weighted by Gasteiger charge is -2.00. The predicted molar refractivity (Wildman–Crippen MR) is 50.6 cm³/mol. The molecule has 0 saturated carbocycles. The van der Waals surface area contributed by atoms with Crippen LogP contribution in [0.25, 0.3) is 10.4 Å². The molecule has 4 nitrogen and oxygen atoms in total. The van der Waals surface area contributed by atoms with Crippen LogP contribution in [0, 0.1) is 0 Å². The van der Waals surface area contributed by atoms with Crippen LogP contribution in [0.15, 0.2) is 29.4 Å². The first kappa shape index (κ1) is 9.58. The summed E-state index contributed by atoms with van der Waals surface area (Å²) in [5.41, 5.74) is 9.87. The molecule has 0 aliphatic carbocycles. The van der Waals surface area contributed by atoms with E-state index in [0.29, 0.717) is 18.9 Å². The molecule has 0 N–H and O–H groups in total. The zero-order valence-corrected chi connectivity index (χ0v) is 7.47. The van der Waals surface area contributed by atoms with Crippen molar-refractivity contribution in [3.63, 3.8) is 0 Å². The molecule has 13 heavy (non-hydrogen) atoms. The first-order valence-electron chi connectivity index (χ1n) is 4.08. The number of azide groups is 1. The minimum absolute atomic E-state index is 0.604. The lowest BCUT2D eigenvalue weighted by molar-refractivity contribution is 0.134. The third-order valence-corrected chi connectivity index (χ3v) is 1.57. The molecule has 1 rings (SSSR count). The number of hydrogen-bond acceptors (Lipinski definition) is 2. The maximum Gasteiger partial charge on any atom is 0.0716 e. The summed E-state index contributed by atoms with van der Waals surface area (Å²) >= 11 is 0. The normalized spacial score (nSPS) is 9.31. The molecule has 0 atom stereocenters. The minimum atomic E-state index is 0.604. The molecule has 68 valence electrons. The Morgan fingerprint density at radius 1 is 1.38 bits per heavy atom. The van der Waals surface area contributed by atoms with Gasteiger partial charge in [-0.1, -0.05) is 29.4 Å². The van der Waals surface area contributed by atoms with Crippen LogP contribution >= 0.6 is 0 Å². The highest BCUT2D eigenvalue weighted by molar-refractivity contribution is 5.38. The van der Waals surface area contributed by atoms with Gasteiger partial charge < -0.3 is 4.74 Å². The van der Waals surface area contributed by atoms with E-state index >= 15 is 0 Å². The second-order valence-electron chi connectivity index (χ2n) is 2.49. The van der Waals surface area contributed by atoms with Crippen LogP contribution in [0.3, 0.4) is 0 Å². The molecule has 0 saturated heterocycles. The minimum Gasteiger partial charge on any atom is -0.377 e. The van der Waals surface area contributed by atoms with E-state index in [9.17, 15) is 0 Å². The predicted octanol–water partition coefficient (Wildman–Crippen LogP) is 3.16. The van der Waals surface area contributed by atoms with Crippen molar-refractivity contribution in [1.29, 1.82) is 0 Å². The average molecular weight is 177 g/mol. The van der Waals surface area contributed by atoms with Crippen molar-refractivity contribution in [2.24, 2.45) is 5.11 Å². The lowest BCUT2D eigenvalue weighted by Crippen LogP contribution is -1.90. The Kier molecular flexibility index (Phi) is 3.82. The standard InChI is InChI=1S/C9H11N3O/c1-2-13-7-8-3-5-9(6-4-8)11-12-10/h3-6H,2,7H2,1H3. The maximum atomic E-state index is 8.16. The monoisotopic (exact) mass is 177 g/mol. The van der Waals surface area contributed by atoms with Crippen LogP contribution in [0.1, 0.15) is 12.5 Å². The van der Waals surface area contributed by atoms with E-state index in [1.807, 2.05) is 19.1 Å². The van der Waals surface area contributed by atoms with Gasteiger partial charge in [-0.15, -0.1) is 0 Å².